The van der Waals surface area contributed by atoms with Gasteiger partial charge in [0.25, 0.3) is 11.8 Å². The van der Waals surface area contributed by atoms with E-state index >= 15 is 9.59 Å². The van der Waals surface area contributed by atoms with Gasteiger partial charge in [0.1, 0.15) is 35.7 Å². The number of aliphatic hydroxyl groups is 2. The van der Waals surface area contributed by atoms with Crippen molar-refractivity contribution >= 4 is 64.0 Å². The van der Waals surface area contributed by atoms with Crippen LogP contribution in [0.15, 0.2) is 145 Å². The molecule has 2 saturated carbocycles. The minimum atomic E-state index is -2.25. The molecule has 10 rings (SSSR count). The molecule has 12 atom stereocenters. The Morgan fingerprint density at radius 2 is 1.46 bits per heavy atom. The lowest BCUT2D eigenvalue weighted by molar-refractivity contribution is -0.342. The number of nitrogens with zero attached hydrogens (tertiary/aromatic N) is 1. The van der Waals surface area contributed by atoms with Gasteiger partial charge in [0.15, 0.2) is 5.60 Å². The lowest BCUT2D eigenvalue weighted by Crippen LogP contribution is -2.80. The minimum absolute atomic E-state index is 0.0967. The van der Waals surface area contributed by atoms with E-state index in [0.29, 0.717) is 49.5 Å². The van der Waals surface area contributed by atoms with Crippen molar-refractivity contribution in [3.05, 3.63) is 189 Å². The SMILES string of the molecule is CC(=O)O[C@@]12CO[C@@H]1C[C@H](O)C1(C)C(=O)[C@H](C)C3=C(C)C(OC(=O)C(OC(=O)Cc4c(C)n(C(=O)c5ccc(Cl)cc5)c5ccc(C)cc45)[C@@H](NC(=O)c4ccccc4)c4ccccc4)C[C@](O)([C@H]3C)[C@@H](OC(=O)c3ccccc3)[C@@H]12. The summed E-state index contributed by atoms with van der Waals surface area (Å²) in [4.78, 5) is 102. The van der Waals surface area contributed by atoms with Gasteiger partial charge in [-0.2, -0.15) is 0 Å². The van der Waals surface area contributed by atoms with Gasteiger partial charge in [0.05, 0.1) is 41.5 Å². The summed E-state index contributed by atoms with van der Waals surface area (Å²) in [5.41, 5.74) is -1.83. The molecule has 0 spiro atoms. The maximum absolute atomic E-state index is 15.7. The fourth-order valence-corrected chi connectivity index (χ4v) is 13.4. The molecule has 2 bridgehead atoms. The number of carbonyl (C=O) groups excluding carboxylic acids is 7. The number of esters is 4. The van der Waals surface area contributed by atoms with Crippen molar-refractivity contribution in [3.8, 4) is 0 Å². The van der Waals surface area contributed by atoms with E-state index in [2.05, 4.69) is 5.32 Å². The van der Waals surface area contributed by atoms with Crippen LogP contribution in [0.1, 0.15) is 107 Å². The van der Waals surface area contributed by atoms with Crippen LogP contribution >= 0.6 is 11.6 Å². The molecule has 3 fully saturated rings. The number of ether oxygens (including phenoxy) is 5. The number of hydrogen-bond acceptors (Lipinski definition) is 14. The van der Waals surface area contributed by atoms with E-state index in [1.807, 2.05) is 19.1 Å². The van der Waals surface area contributed by atoms with Crippen LogP contribution in [0.4, 0.5) is 0 Å². The minimum Gasteiger partial charge on any atom is -0.455 e. The zero-order chi connectivity index (χ0) is 57.9. The molecule has 1 aliphatic heterocycles. The third-order valence-electron chi connectivity index (χ3n) is 17.4. The predicted molar refractivity (Wildman–Crippen MR) is 297 cm³/mol. The van der Waals surface area contributed by atoms with E-state index < -0.39 is 119 Å². The number of amides is 1. The smallest absolute Gasteiger partial charge is 0.350 e. The highest BCUT2D eigenvalue weighted by molar-refractivity contribution is 6.30. The van der Waals surface area contributed by atoms with Crippen LogP contribution < -0.4 is 5.32 Å². The molecule has 2 heterocycles. The quantitative estimate of drug-likeness (QED) is 0.0559. The first-order chi connectivity index (χ1) is 38.6. The zero-order valence-electron chi connectivity index (χ0n) is 45.8. The van der Waals surface area contributed by atoms with Gasteiger partial charge in [-0.1, -0.05) is 109 Å². The molecule has 81 heavy (non-hydrogen) atoms. The highest BCUT2D eigenvalue weighted by atomic mass is 35.5. The molecular formula is C64H63ClN2O14. The zero-order valence-corrected chi connectivity index (χ0v) is 46.6. The van der Waals surface area contributed by atoms with Gasteiger partial charge < -0.3 is 39.2 Å². The second-order valence-electron chi connectivity index (χ2n) is 22.2. The first-order valence-electron chi connectivity index (χ1n) is 27.0. The molecule has 3 aliphatic carbocycles. The summed E-state index contributed by atoms with van der Waals surface area (Å²) in [6, 6.07) is 35.1. The van der Waals surface area contributed by atoms with Crippen molar-refractivity contribution in [1.29, 1.82) is 0 Å². The summed E-state index contributed by atoms with van der Waals surface area (Å²) < 4.78 is 33.1. The summed E-state index contributed by atoms with van der Waals surface area (Å²) in [5, 5.41) is 30.0. The molecule has 3 N–H and O–H groups in total. The number of benzene rings is 5. The number of rotatable bonds is 13. The van der Waals surface area contributed by atoms with Gasteiger partial charge in [-0.15, -0.1) is 0 Å². The predicted octanol–water partition coefficient (Wildman–Crippen LogP) is 8.76. The number of aromatic nitrogens is 1. The lowest BCUT2D eigenvalue weighted by atomic mass is 9.46. The third-order valence-corrected chi connectivity index (χ3v) is 17.7. The fourth-order valence-electron chi connectivity index (χ4n) is 13.3. The number of fused-ring (bicyclic) bond motifs is 6. The first-order valence-corrected chi connectivity index (χ1v) is 27.4. The maximum Gasteiger partial charge on any atom is 0.350 e. The molecule has 17 heteroatoms. The second-order valence-corrected chi connectivity index (χ2v) is 22.6. The summed E-state index contributed by atoms with van der Waals surface area (Å²) in [6.45, 7) is 11.0. The Morgan fingerprint density at radius 3 is 2.07 bits per heavy atom. The Bertz CT molecular complexity index is 3510. The first kappa shape index (κ1) is 56.5. The molecule has 0 radical (unpaired) electrons. The largest absolute Gasteiger partial charge is 0.455 e. The Hall–Kier alpha value is -7.76. The molecule has 1 amide bonds. The Kier molecular flexibility index (Phi) is 15.3. The van der Waals surface area contributed by atoms with Crippen molar-refractivity contribution in [2.24, 2.45) is 23.2 Å². The molecule has 1 saturated heterocycles. The van der Waals surface area contributed by atoms with Gasteiger partial charge >= 0.3 is 23.9 Å². The molecule has 6 aromatic rings. The van der Waals surface area contributed by atoms with E-state index in [0.717, 1.165) is 5.56 Å². The molecule has 4 aliphatic rings. The van der Waals surface area contributed by atoms with Gasteiger partial charge in [0, 0.05) is 58.8 Å². The summed E-state index contributed by atoms with van der Waals surface area (Å²) in [5.74, 6) is -8.73. The van der Waals surface area contributed by atoms with Crippen LogP contribution in [-0.2, 0) is 49.3 Å². The Morgan fingerprint density at radius 1 is 0.827 bits per heavy atom. The molecule has 1 aromatic heterocycles. The van der Waals surface area contributed by atoms with E-state index in [1.165, 1.54) is 30.5 Å². The van der Waals surface area contributed by atoms with Crippen LogP contribution in [0, 0.1) is 37.0 Å². The number of Topliss-reactive ketones (excluding diaryl/α,β-unsaturated/α-hetero) is 1. The normalized spacial score (nSPS) is 27.4. The number of hydrogen-bond donors (Lipinski definition) is 3. The lowest BCUT2D eigenvalue weighted by Gasteiger charge is -2.66. The van der Waals surface area contributed by atoms with E-state index in [4.69, 9.17) is 35.3 Å². The van der Waals surface area contributed by atoms with Crippen LogP contribution in [0.3, 0.4) is 0 Å². The second kappa shape index (κ2) is 21.9. The van der Waals surface area contributed by atoms with Crippen LogP contribution in [0.5, 0.6) is 0 Å². The number of carbonyl (C=O) groups is 7. The highest BCUT2D eigenvalue weighted by Crippen LogP contribution is 2.62. The summed E-state index contributed by atoms with van der Waals surface area (Å²) in [7, 11) is 0. The fraction of sp³-hybridized carbons (Fsp3) is 0.359. The average Bonchev–Trinajstić information content (AvgIpc) is 1.50. The number of aliphatic hydroxyl groups excluding tert-OH is 1. The van der Waals surface area contributed by atoms with Gasteiger partial charge in [-0.05, 0) is 105 Å². The monoisotopic (exact) mass is 1120 g/mol. The molecular weight excluding hydrogens is 1060 g/mol. The number of halogens is 1. The van der Waals surface area contributed by atoms with Crippen LogP contribution in [0.2, 0.25) is 5.02 Å². The van der Waals surface area contributed by atoms with Gasteiger partial charge in [-0.3, -0.25) is 28.5 Å². The summed E-state index contributed by atoms with van der Waals surface area (Å²) in [6.07, 6.45) is -8.57. The highest BCUT2D eigenvalue weighted by Gasteiger charge is 2.76. The Labute approximate surface area is 473 Å². The van der Waals surface area contributed by atoms with Gasteiger partial charge in [0.2, 0.25) is 6.10 Å². The molecule has 420 valence electrons. The number of aryl methyl sites for hydroxylation is 1. The van der Waals surface area contributed by atoms with Crippen molar-refractivity contribution in [3.63, 3.8) is 0 Å². The van der Waals surface area contributed by atoms with E-state index in [9.17, 15) is 34.2 Å². The molecule has 5 aromatic carbocycles. The number of nitrogens with one attached hydrogen (secondary N) is 1. The van der Waals surface area contributed by atoms with Crippen molar-refractivity contribution in [2.75, 3.05) is 6.61 Å². The van der Waals surface area contributed by atoms with Crippen LogP contribution in [-0.4, -0.2) is 105 Å². The summed E-state index contributed by atoms with van der Waals surface area (Å²) >= 11 is 6.18. The average molecular weight is 1120 g/mol. The molecule has 16 nitrogen and oxygen atoms in total. The van der Waals surface area contributed by atoms with Crippen molar-refractivity contribution in [2.45, 2.75) is 115 Å². The van der Waals surface area contributed by atoms with E-state index in [1.54, 1.807) is 137 Å². The standard InChI is InChI=1S/C64H63ClN2O14/c1-34-23-28-47-46(29-34)45(38(5)67(47)59(73)42-24-26-44(65)27-25-42)30-51(70)79-54(53(40-17-11-8-12-18-40)66-58(72)41-19-13-9-14-20-41)61(75)78-48-32-63(76)37(4)52(35(48)2)36(3)56(71)62(7)49(69)31-50-64(33-77-50,81-39(6)68)55(62)57(63)80-60(74)43-21-15-10-16-22-43/h8-29,36-37,48-50,53-55,57,69,76H,30-33H2,1-7H3,(H,66,72)/t36-,37+,48?,49+,50-,53+,54?,55+,57+,62?,63+,64+/m1/s1. The van der Waals surface area contributed by atoms with Crippen molar-refractivity contribution in [1.82, 2.24) is 9.88 Å². The Balaban J connectivity index is 1.08. The maximum atomic E-state index is 15.7. The molecule has 3 unspecified atom stereocenters. The van der Waals surface area contributed by atoms with Crippen molar-refractivity contribution < 1.29 is 67.5 Å². The van der Waals surface area contributed by atoms with E-state index in [-0.39, 0.29) is 30.1 Å². The topological polar surface area (TPSA) is 223 Å². The number of ketones is 1. The third kappa shape index (κ3) is 9.95. The van der Waals surface area contributed by atoms with Gasteiger partial charge in [-0.25, -0.2) is 9.59 Å². The van der Waals surface area contributed by atoms with Crippen LogP contribution in [0.25, 0.3) is 10.9 Å².